The molecule has 0 saturated carbocycles. The number of nitrogens with zero attached hydrogens (tertiary/aromatic N) is 2. The first-order chi connectivity index (χ1) is 9.99. The minimum atomic E-state index is -0.170. The SMILES string of the molecule is CCCCn1nc(C)c(C=CC(=O)NC(C)COC)c1Cl. The van der Waals surface area contributed by atoms with E-state index in [0.717, 1.165) is 30.6 Å². The lowest BCUT2D eigenvalue weighted by Gasteiger charge is -2.10. The molecule has 0 spiro atoms. The van der Waals surface area contributed by atoms with Crippen LogP contribution >= 0.6 is 11.6 Å². The summed E-state index contributed by atoms with van der Waals surface area (Å²) < 4.78 is 6.76. The Kier molecular flexibility index (Phi) is 7.47. The molecule has 0 radical (unpaired) electrons. The molecule has 1 rings (SSSR count). The minimum Gasteiger partial charge on any atom is -0.383 e. The van der Waals surface area contributed by atoms with Gasteiger partial charge < -0.3 is 10.1 Å². The fraction of sp³-hybridized carbons (Fsp3) is 0.600. The van der Waals surface area contributed by atoms with Crippen LogP contribution in [0.15, 0.2) is 6.08 Å². The Labute approximate surface area is 131 Å². The molecule has 6 heteroatoms. The number of nitrogens with one attached hydrogen (secondary N) is 1. The summed E-state index contributed by atoms with van der Waals surface area (Å²) in [5.74, 6) is -0.170. The predicted octanol–water partition coefficient (Wildman–Crippen LogP) is 2.81. The molecule has 1 unspecified atom stereocenters. The van der Waals surface area contributed by atoms with Crippen LogP contribution in [0.2, 0.25) is 5.15 Å². The van der Waals surface area contributed by atoms with Crippen molar-refractivity contribution in [3.05, 3.63) is 22.5 Å². The van der Waals surface area contributed by atoms with Crippen LogP contribution in [0.1, 0.15) is 37.9 Å². The van der Waals surface area contributed by atoms with Gasteiger partial charge in [0.05, 0.1) is 12.3 Å². The van der Waals surface area contributed by atoms with Gasteiger partial charge in [-0.2, -0.15) is 5.10 Å². The van der Waals surface area contributed by atoms with Crippen molar-refractivity contribution in [3.8, 4) is 0 Å². The van der Waals surface area contributed by atoms with Crippen LogP contribution in [-0.2, 0) is 16.1 Å². The smallest absolute Gasteiger partial charge is 0.244 e. The van der Waals surface area contributed by atoms with Gasteiger partial charge in [0.25, 0.3) is 0 Å². The van der Waals surface area contributed by atoms with E-state index in [1.165, 1.54) is 6.08 Å². The number of methoxy groups -OCH3 is 1. The second-order valence-corrected chi connectivity index (χ2v) is 5.42. The van der Waals surface area contributed by atoms with Gasteiger partial charge in [-0.3, -0.25) is 9.48 Å². The van der Waals surface area contributed by atoms with E-state index in [4.69, 9.17) is 16.3 Å². The van der Waals surface area contributed by atoms with Crippen LogP contribution in [0, 0.1) is 6.92 Å². The molecule has 0 saturated heterocycles. The number of unbranched alkanes of at least 4 members (excludes halogenated alkanes) is 1. The normalized spacial score (nSPS) is 12.8. The molecule has 0 aliphatic heterocycles. The average molecular weight is 314 g/mol. The average Bonchev–Trinajstić information content (AvgIpc) is 2.69. The van der Waals surface area contributed by atoms with Crippen molar-refractivity contribution in [1.29, 1.82) is 0 Å². The van der Waals surface area contributed by atoms with Crippen molar-refractivity contribution >= 4 is 23.6 Å². The Bertz CT molecular complexity index is 497. The molecular weight excluding hydrogens is 290 g/mol. The number of rotatable bonds is 8. The maximum atomic E-state index is 11.8. The molecule has 0 aromatic carbocycles. The third-order valence-electron chi connectivity index (χ3n) is 3.04. The van der Waals surface area contributed by atoms with Crippen LogP contribution in [0.4, 0.5) is 0 Å². The standard InChI is InChI=1S/C15H24ClN3O2/c1-5-6-9-19-15(16)13(12(3)18-19)7-8-14(20)17-11(2)10-21-4/h7-8,11H,5-6,9-10H2,1-4H3,(H,17,20). The zero-order chi connectivity index (χ0) is 15.8. The molecule has 0 fully saturated rings. The number of hydrogen-bond acceptors (Lipinski definition) is 3. The van der Waals surface area contributed by atoms with Gasteiger partial charge in [-0.1, -0.05) is 24.9 Å². The summed E-state index contributed by atoms with van der Waals surface area (Å²) >= 11 is 6.30. The highest BCUT2D eigenvalue weighted by atomic mass is 35.5. The van der Waals surface area contributed by atoms with Crippen molar-refractivity contribution in [2.75, 3.05) is 13.7 Å². The summed E-state index contributed by atoms with van der Waals surface area (Å²) in [5, 5.41) is 7.79. The van der Waals surface area contributed by atoms with E-state index in [9.17, 15) is 4.79 Å². The molecule has 5 nitrogen and oxygen atoms in total. The predicted molar refractivity (Wildman–Crippen MR) is 85.4 cm³/mol. The molecule has 0 bridgehead atoms. The third-order valence-corrected chi connectivity index (χ3v) is 3.44. The highest BCUT2D eigenvalue weighted by molar-refractivity contribution is 6.31. The van der Waals surface area contributed by atoms with Gasteiger partial charge >= 0.3 is 0 Å². The zero-order valence-corrected chi connectivity index (χ0v) is 13.9. The van der Waals surface area contributed by atoms with E-state index in [-0.39, 0.29) is 11.9 Å². The molecule has 1 amide bonds. The summed E-state index contributed by atoms with van der Waals surface area (Å²) in [6.45, 7) is 7.17. The second kappa shape index (κ2) is 8.85. The van der Waals surface area contributed by atoms with Crippen LogP contribution < -0.4 is 5.32 Å². The quantitative estimate of drug-likeness (QED) is 0.751. The Morgan fingerprint density at radius 3 is 2.90 bits per heavy atom. The van der Waals surface area contributed by atoms with E-state index in [2.05, 4.69) is 17.3 Å². The topological polar surface area (TPSA) is 56.2 Å². The maximum Gasteiger partial charge on any atom is 0.244 e. The van der Waals surface area contributed by atoms with E-state index in [1.807, 2.05) is 13.8 Å². The molecule has 1 heterocycles. The van der Waals surface area contributed by atoms with Crippen LogP contribution in [0.5, 0.6) is 0 Å². The first-order valence-electron chi connectivity index (χ1n) is 7.20. The monoisotopic (exact) mass is 313 g/mol. The van der Waals surface area contributed by atoms with Crippen LogP contribution in [0.3, 0.4) is 0 Å². The van der Waals surface area contributed by atoms with Crippen LogP contribution in [-0.4, -0.2) is 35.4 Å². The number of ether oxygens (including phenoxy) is 1. The van der Waals surface area contributed by atoms with Crippen molar-refractivity contribution in [2.45, 2.75) is 46.2 Å². The Hall–Kier alpha value is -1.33. The first-order valence-corrected chi connectivity index (χ1v) is 7.57. The molecule has 0 aliphatic carbocycles. The largest absolute Gasteiger partial charge is 0.383 e. The van der Waals surface area contributed by atoms with Gasteiger partial charge in [-0.15, -0.1) is 0 Å². The van der Waals surface area contributed by atoms with Crippen molar-refractivity contribution in [2.24, 2.45) is 0 Å². The molecule has 1 aromatic heterocycles. The van der Waals surface area contributed by atoms with Gasteiger partial charge in [-0.05, 0) is 26.3 Å². The number of aromatic nitrogens is 2. The summed E-state index contributed by atoms with van der Waals surface area (Å²) in [5.41, 5.74) is 1.62. The van der Waals surface area contributed by atoms with Crippen LogP contribution in [0.25, 0.3) is 6.08 Å². The Morgan fingerprint density at radius 1 is 1.57 bits per heavy atom. The van der Waals surface area contributed by atoms with Gasteiger partial charge in [0, 0.05) is 31.3 Å². The fourth-order valence-electron chi connectivity index (χ4n) is 1.95. The van der Waals surface area contributed by atoms with E-state index >= 15 is 0 Å². The second-order valence-electron chi connectivity index (χ2n) is 5.06. The van der Waals surface area contributed by atoms with E-state index in [1.54, 1.807) is 17.9 Å². The lowest BCUT2D eigenvalue weighted by Crippen LogP contribution is -2.34. The highest BCUT2D eigenvalue weighted by Gasteiger charge is 2.11. The minimum absolute atomic E-state index is 0.0315. The summed E-state index contributed by atoms with van der Waals surface area (Å²) in [6, 6.07) is -0.0315. The number of carbonyl (C=O) groups is 1. The lowest BCUT2D eigenvalue weighted by atomic mass is 10.2. The molecular formula is C15H24ClN3O2. The summed E-state index contributed by atoms with van der Waals surface area (Å²) in [4.78, 5) is 11.8. The van der Waals surface area contributed by atoms with Gasteiger partial charge in [0.1, 0.15) is 5.15 Å². The number of halogens is 1. The van der Waals surface area contributed by atoms with E-state index < -0.39 is 0 Å². The molecule has 118 valence electrons. The first kappa shape index (κ1) is 17.7. The zero-order valence-electron chi connectivity index (χ0n) is 13.1. The maximum absolute atomic E-state index is 11.8. The lowest BCUT2D eigenvalue weighted by molar-refractivity contribution is -0.117. The highest BCUT2D eigenvalue weighted by Crippen LogP contribution is 2.21. The molecule has 1 aromatic rings. The Balaban J connectivity index is 2.71. The van der Waals surface area contributed by atoms with Gasteiger partial charge in [0.15, 0.2) is 0 Å². The number of amides is 1. The summed E-state index contributed by atoms with van der Waals surface area (Å²) in [6.07, 6.45) is 5.30. The molecule has 1 N–H and O–H groups in total. The van der Waals surface area contributed by atoms with Gasteiger partial charge in [-0.25, -0.2) is 0 Å². The molecule has 0 aliphatic rings. The number of aryl methyl sites for hydroxylation is 2. The summed E-state index contributed by atoms with van der Waals surface area (Å²) in [7, 11) is 1.60. The Morgan fingerprint density at radius 2 is 2.29 bits per heavy atom. The van der Waals surface area contributed by atoms with Gasteiger partial charge in [0.2, 0.25) is 5.91 Å². The molecule has 1 atom stereocenters. The van der Waals surface area contributed by atoms with Crippen molar-refractivity contribution < 1.29 is 9.53 Å². The van der Waals surface area contributed by atoms with E-state index in [0.29, 0.717) is 11.8 Å². The molecule has 21 heavy (non-hydrogen) atoms. The van der Waals surface area contributed by atoms with Crippen molar-refractivity contribution in [3.63, 3.8) is 0 Å². The van der Waals surface area contributed by atoms with Crippen molar-refractivity contribution in [1.82, 2.24) is 15.1 Å². The number of hydrogen-bond donors (Lipinski definition) is 1. The fourth-order valence-corrected chi connectivity index (χ4v) is 2.28. The third kappa shape index (κ3) is 5.52. The number of carbonyl (C=O) groups excluding carboxylic acids is 1.